The minimum atomic E-state index is -0.462. The number of rotatable bonds is 2. The maximum atomic E-state index is 10.2. The lowest BCUT2D eigenvalue weighted by Crippen LogP contribution is -2.37. The van der Waals surface area contributed by atoms with Crippen LogP contribution in [0, 0.1) is 17.8 Å². The summed E-state index contributed by atoms with van der Waals surface area (Å²) in [5, 5.41) is 10.2. The molecule has 1 heterocycles. The summed E-state index contributed by atoms with van der Waals surface area (Å²) >= 11 is 0. The van der Waals surface area contributed by atoms with Gasteiger partial charge in [-0.3, -0.25) is 0 Å². The van der Waals surface area contributed by atoms with Crippen LogP contribution in [-0.4, -0.2) is 23.9 Å². The highest BCUT2D eigenvalue weighted by Gasteiger charge is 2.51. The highest BCUT2D eigenvalue weighted by molar-refractivity contribution is 5.00. The Kier molecular flexibility index (Phi) is 1.92. The Hall–Kier alpha value is -0.0800. The number of hydrogen-bond donors (Lipinski definition) is 1. The molecule has 0 spiro atoms. The van der Waals surface area contributed by atoms with Gasteiger partial charge in [0, 0.05) is 12.5 Å². The number of hydrogen-bond acceptors (Lipinski definition) is 2. The van der Waals surface area contributed by atoms with E-state index in [1.165, 1.54) is 6.42 Å². The highest BCUT2D eigenvalue weighted by atomic mass is 16.5. The van der Waals surface area contributed by atoms with Gasteiger partial charge in [0.25, 0.3) is 0 Å². The second-order valence-corrected chi connectivity index (χ2v) is 4.61. The summed E-state index contributed by atoms with van der Waals surface area (Å²) in [4.78, 5) is 0. The Morgan fingerprint density at radius 3 is 2.58 bits per heavy atom. The van der Waals surface area contributed by atoms with E-state index in [2.05, 4.69) is 6.92 Å². The van der Waals surface area contributed by atoms with Crippen molar-refractivity contribution in [1.29, 1.82) is 0 Å². The van der Waals surface area contributed by atoms with Gasteiger partial charge < -0.3 is 9.84 Å². The monoisotopic (exact) mass is 170 g/mol. The van der Waals surface area contributed by atoms with Gasteiger partial charge in [0.15, 0.2) is 0 Å². The van der Waals surface area contributed by atoms with Crippen molar-refractivity contribution < 1.29 is 9.84 Å². The van der Waals surface area contributed by atoms with Crippen LogP contribution in [0.3, 0.4) is 0 Å². The Balaban J connectivity index is 1.99. The summed E-state index contributed by atoms with van der Waals surface area (Å²) in [6, 6.07) is 0. The molecule has 0 amide bonds. The minimum Gasteiger partial charge on any atom is -0.390 e. The topological polar surface area (TPSA) is 29.5 Å². The first-order valence-corrected chi connectivity index (χ1v) is 4.92. The third-order valence-corrected chi connectivity index (χ3v) is 3.62. The SMILES string of the molecule is CC1CC1C(C)(O)C1CCOC1. The summed E-state index contributed by atoms with van der Waals surface area (Å²) in [5.74, 6) is 1.64. The normalized spacial score (nSPS) is 45.8. The molecule has 70 valence electrons. The Morgan fingerprint density at radius 2 is 2.17 bits per heavy atom. The Labute approximate surface area is 73.9 Å². The van der Waals surface area contributed by atoms with E-state index in [9.17, 15) is 5.11 Å². The Bertz CT molecular complexity index is 171. The van der Waals surface area contributed by atoms with Gasteiger partial charge >= 0.3 is 0 Å². The molecular formula is C10H18O2. The molecule has 2 aliphatic rings. The molecule has 1 N–H and O–H groups in total. The zero-order chi connectivity index (χ0) is 8.77. The zero-order valence-corrected chi connectivity index (χ0v) is 7.92. The fraction of sp³-hybridized carbons (Fsp3) is 1.00. The molecule has 1 saturated carbocycles. The van der Waals surface area contributed by atoms with Crippen LogP contribution in [0.2, 0.25) is 0 Å². The van der Waals surface area contributed by atoms with Crippen molar-refractivity contribution in [1.82, 2.24) is 0 Å². The van der Waals surface area contributed by atoms with Crippen molar-refractivity contribution in [2.24, 2.45) is 17.8 Å². The molecule has 2 heteroatoms. The van der Waals surface area contributed by atoms with Gasteiger partial charge in [-0.2, -0.15) is 0 Å². The quantitative estimate of drug-likeness (QED) is 0.679. The fourth-order valence-electron chi connectivity index (χ4n) is 2.43. The fourth-order valence-corrected chi connectivity index (χ4v) is 2.43. The Morgan fingerprint density at radius 1 is 1.50 bits per heavy atom. The van der Waals surface area contributed by atoms with E-state index in [0.717, 1.165) is 25.6 Å². The molecule has 0 aromatic heterocycles. The molecule has 12 heavy (non-hydrogen) atoms. The van der Waals surface area contributed by atoms with Gasteiger partial charge in [0.05, 0.1) is 12.2 Å². The van der Waals surface area contributed by atoms with E-state index in [-0.39, 0.29) is 0 Å². The van der Waals surface area contributed by atoms with E-state index < -0.39 is 5.60 Å². The van der Waals surface area contributed by atoms with Crippen LogP contribution in [0.15, 0.2) is 0 Å². The predicted molar refractivity (Wildman–Crippen MR) is 46.8 cm³/mol. The lowest BCUT2D eigenvalue weighted by molar-refractivity contribution is -0.0283. The molecule has 4 atom stereocenters. The number of aliphatic hydroxyl groups is 1. The molecule has 1 aliphatic carbocycles. The second kappa shape index (κ2) is 2.71. The lowest BCUT2D eigenvalue weighted by Gasteiger charge is -2.29. The predicted octanol–water partition coefficient (Wildman–Crippen LogP) is 1.43. The van der Waals surface area contributed by atoms with E-state index in [1.807, 2.05) is 6.92 Å². The average molecular weight is 170 g/mol. The van der Waals surface area contributed by atoms with Crippen LogP contribution in [0.25, 0.3) is 0 Å². The molecule has 2 fully saturated rings. The molecule has 2 rings (SSSR count). The maximum Gasteiger partial charge on any atom is 0.0701 e. The first kappa shape index (κ1) is 8.52. The van der Waals surface area contributed by atoms with Crippen LogP contribution in [-0.2, 0) is 4.74 Å². The van der Waals surface area contributed by atoms with E-state index >= 15 is 0 Å². The molecule has 2 nitrogen and oxygen atoms in total. The molecule has 1 aliphatic heterocycles. The molecule has 0 aromatic rings. The highest BCUT2D eigenvalue weighted by Crippen LogP contribution is 2.50. The molecule has 1 saturated heterocycles. The van der Waals surface area contributed by atoms with Crippen LogP contribution < -0.4 is 0 Å². The molecule has 4 unspecified atom stereocenters. The molecular weight excluding hydrogens is 152 g/mol. The van der Waals surface area contributed by atoms with Gasteiger partial charge in [0.1, 0.15) is 0 Å². The van der Waals surface area contributed by atoms with Gasteiger partial charge in [-0.05, 0) is 31.6 Å². The van der Waals surface area contributed by atoms with Crippen LogP contribution in [0.1, 0.15) is 26.7 Å². The van der Waals surface area contributed by atoms with Crippen molar-refractivity contribution in [3.63, 3.8) is 0 Å². The second-order valence-electron chi connectivity index (χ2n) is 4.61. The zero-order valence-electron chi connectivity index (χ0n) is 7.92. The first-order valence-electron chi connectivity index (χ1n) is 4.92. The van der Waals surface area contributed by atoms with Crippen LogP contribution in [0.4, 0.5) is 0 Å². The molecule has 0 aromatic carbocycles. The van der Waals surface area contributed by atoms with Crippen LogP contribution in [0.5, 0.6) is 0 Å². The van der Waals surface area contributed by atoms with Gasteiger partial charge in [-0.1, -0.05) is 6.92 Å². The van der Waals surface area contributed by atoms with Gasteiger partial charge in [-0.25, -0.2) is 0 Å². The third-order valence-electron chi connectivity index (χ3n) is 3.62. The van der Waals surface area contributed by atoms with Crippen molar-refractivity contribution in [3.8, 4) is 0 Å². The van der Waals surface area contributed by atoms with Gasteiger partial charge in [-0.15, -0.1) is 0 Å². The number of ether oxygens (including phenoxy) is 1. The largest absolute Gasteiger partial charge is 0.390 e. The first-order chi connectivity index (χ1) is 5.62. The van der Waals surface area contributed by atoms with Crippen molar-refractivity contribution in [2.45, 2.75) is 32.3 Å². The summed E-state index contributed by atoms with van der Waals surface area (Å²) < 4.78 is 5.30. The summed E-state index contributed by atoms with van der Waals surface area (Å²) in [5.41, 5.74) is -0.462. The van der Waals surface area contributed by atoms with Crippen molar-refractivity contribution >= 4 is 0 Å². The van der Waals surface area contributed by atoms with Crippen molar-refractivity contribution in [3.05, 3.63) is 0 Å². The van der Waals surface area contributed by atoms with E-state index in [1.54, 1.807) is 0 Å². The standard InChI is InChI=1S/C10H18O2/c1-7-5-9(7)10(2,11)8-3-4-12-6-8/h7-9,11H,3-6H2,1-2H3. The van der Waals surface area contributed by atoms with E-state index in [0.29, 0.717) is 11.8 Å². The lowest BCUT2D eigenvalue weighted by atomic mass is 9.83. The van der Waals surface area contributed by atoms with E-state index in [4.69, 9.17) is 4.74 Å². The summed E-state index contributed by atoms with van der Waals surface area (Å²) in [6.07, 6.45) is 2.24. The minimum absolute atomic E-state index is 0.382. The maximum absolute atomic E-state index is 10.2. The van der Waals surface area contributed by atoms with Crippen molar-refractivity contribution in [2.75, 3.05) is 13.2 Å². The third kappa shape index (κ3) is 1.27. The molecule has 0 radical (unpaired) electrons. The summed E-state index contributed by atoms with van der Waals surface area (Å²) in [6.45, 7) is 5.80. The van der Waals surface area contributed by atoms with Crippen LogP contribution >= 0.6 is 0 Å². The smallest absolute Gasteiger partial charge is 0.0701 e. The summed E-state index contributed by atoms with van der Waals surface area (Å²) in [7, 11) is 0. The van der Waals surface area contributed by atoms with Gasteiger partial charge in [0.2, 0.25) is 0 Å². The average Bonchev–Trinajstić information content (AvgIpc) is 2.53. The molecule has 0 bridgehead atoms.